The third-order valence-corrected chi connectivity index (χ3v) is 6.82. The average molecular weight is 443 g/mol. The van der Waals surface area contributed by atoms with E-state index in [1.165, 1.54) is 51.4 Å². The van der Waals surface area contributed by atoms with Gasteiger partial charge in [-0.15, -0.1) is 0 Å². The number of rotatable bonds is 24. The quantitative estimate of drug-likeness (QED) is 0.149. The molecule has 0 aliphatic carbocycles. The van der Waals surface area contributed by atoms with Gasteiger partial charge in [0, 0.05) is 11.8 Å². The molecule has 0 aromatic carbocycles. The molecule has 0 aromatic heterocycles. The van der Waals surface area contributed by atoms with E-state index >= 15 is 0 Å². The van der Waals surface area contributed by atoms with Crippen molar-refractivity contribution in [3.05, 3.63) is 0 Å². The lowest BCUT2D eigenvalue weighted by atomic mass is 9.91. The molecular weight excluding hydrogens is 384 g/mol. The van der Waals surface area contributed by atoms with Crippen molar-refractivity contribution in [2.75, 3.05) is 13.2 Å². The Morgan fingerprint density at radius 1 is 0.452 bits per heavy atom. The SMILES string of the molecule is CCCCCCCC(O)C(CCCC)COCC(CCCC)C(O)CCCCCCC. The fraction of sp³-hybridized carbons (Fsp3) is 1.00. The molecule has 0 bridgehead atoms. The van der Waals surface area contributed by atoms with Gasteiger partial charge >= 0.3 is 0 Å². The van der Waals surface area contributed by atoms with Crippen molar-refractivity contribution < 1.29 is 14.9 Å². The molecule has 0 rings (SSSR count). The van der Waals surface area contributed by atoms with E-state index in [1.54, 1.807) is 0 Å². The largest absolute Gasteiger partial charge is 0.393 e. The number of aliphatic hydroxyl groups excluding tert-OH is 2. The fourth-order valence-corrected chi connectivity index (χ4v) is 4.46. The Balaban J connectivity index is 4.43. The Morgan fingerprint density at radius 3 is 1.16 bits per heavy atom. The van der Waals surface area contributed by atoms with Gasteiger partial charge in [-0.1, -0.05) is 118 Å². The molecule has 0 fully saturated rings. The van der Waals surface area contributed by atoms with Crippen LogP contribution in [0.15, 0.2) is 0 Å². The van der Waals surface area contributed by atoms with Crippen molar-refractivity contribution in [1.82, 2.24) is 0 Å². The van der Waals surface area contributed by atoms with Gasteiger partial charge in [0.1, 0.15) is 0 Å². The van der Waals surface area contributed by atoms with Crippen LogP contribution in [0.25, 0.3) is 0 Å². The second-order valence-electron chi connectivity index (χ2n) is 9.88. The molecule has 3 nitrogen and oxygen atoms in total. The van der Waals surface area contributed by atoms with Crippen LogP contribution in [0.5, 0.6) is 0 Å². The summed E-state index contributed by atoms with van der Waals surface area (Å²) >= 11 is 0. The Morgan fingerprint density at radius 2 is 0.806 bits per heavy atom. The van der Waals surface area contributed by atoms with E-state index in [-0.39, 0.29) is 24.0 Å². The molecule has 2 N–H and O–H groups in total. The van der Waals surface area contributed by atoms with Crippen molar-refractivity contribution in [3.8, 4) is 0 Å². The van der Waals surface area contributed by atoms with Crippen molar-refractivity contribution in [2.24, 2.45) is 11.8 Å². The van der Waals surface area contributed by atoms with Crippen LogP contribution in [-0.4, -0.2) is 35.6 Å². The molecule has 3 heteroatoms. The van der Waals surface area contributed by atoms with E-state index in [2.05, 4.69) is 27.7 Å². The maximum atomic E-state index is 10.8. The molecule has 188 valence electrons. The van der Waals surface area contributed by atoms with E-state index in [0.717, 1.165) is 64.2 Å². The first-order valence-corrected chi connectivity index (χ1v) is 14.0. The second kappa shape index (κ2) is 23.1. The Labute approximate surface area is 195 Å². The number of unbranched alkanes of at least 4 members (excludes halogenated alkanes) is 10. The van der Waals surface area contributed by atoms with Crippen molar-refractivity contribution >= 4 is 0 Å². The molecule has 0 aromatic rings. The van der Waals surface area contributed by atoms with Crippen molar-refractivity contribution in [2.45, 2.75) is 155 Å². The molecule has 0 saturated carbocycles. The lowest BCUT2D eigenvalue weighted by molar-refractivity contribution is -0.0200. The average Bonchev–Trinajstić information content (AvgIpc) is 2.77. The smallest absolute Gasteiger partial charge is 0.0590 e. The molecule has 0 aliphatic rings. The van der Waals surface area contributed by atoms with Crippen LogP contribution < -0.4 is 0 Å². The normalized spacial score (nSPS) is 15.7. The zero-order chi connectivity index (χ0) is 23.2. The summed E-state index contributed by atoms with van der Waals surface area (Å²) in [5.74, 6) is 0.480. The second-order valence-corrected chi connectivity index (χ2v) is 9.88. The fourth-order valence-electron chi connectivity index (χ4n) is 4.46. The van der Waals surface area contributed by atoms with E-state index in [4.69, 9.17) is 4.74 Å². The highest BCUT2D eigenvalue weighted by molar-refractivity contribution is 4.72. The number of hydrogen-bond donors (Lipinski definition) is 2. The molecule has 4 unspecified atom stereocenters. The molecule has 0 aliphatic heterocycles. The van der Waals surface area contributed by atoms with Crippen molar-refractivity contribution in [1.29, 1.82) is 0 Å². The summed E-state index contributed by atoms with van der Waals surface area (Å²) < 4.78 is 6.16. The molecule has 0 spiro atoms. The van der Waals surface area contributed by atoms with Crippen LogP contribution in [0.4, 0.5) is 0 Å². The predicted octanol–water partition coefficient (Wildman–Crippen LogP) is 8.06. The molecule has 0 heterocycles. The van der Waals surface area contributed by atoms with Gasteiger partial charge in [-0.05, 0) is 25.7 Å². The molecule has 0 saturated heterocycles. The first-order valence-electron chi connectivity index (χ1n) is 14.0. The monoisotopic (exact) mass is 442 g/mol. The maximum Gasteiger partial charge on any atom is 0.0590 e. The van der Waals surface area contributed by atoms with Crippen LogP contribution in [0.1, 0.15) is 143 Å². The van der Waals surface area contributed by atoms with E-state index in [1.807, 2.05) is 0 Å². The minimum atomic E-state index is -0.245. The van der Waals surface area contributed by atoms with E-state index < -0.39 is 0 Å². The van der Waals surface area contributed by atoms with Gasteiger partial charge in [0.2, 0.25) is 0 Å². The summed E-state index contributed by atoms with van der Waals surface area (Å²) in [5, 5.41) is 21.5. The zero-order valence-corrected chi connectivity index (χ0v) is 21.8. The third-order valence-electron chi connectivity index (χ3n) is 6.82. The van der Waals surface area contributed by atoms with Gasteiger partial charge in [-0.25, -0.2) is 0 Å². The van der Waals surface area contributed by atoms with Crippen LogP contribution in [-0.2, 0) is 4.74 Å². The van der Waals surface area contributed by atoms with E-state index in [0.29, 0.717) is 13.2 Å². The lowest BCUT2D eigenvalue weighted by Gasteiger charge is -2.26. The predicted molar refractivity (Wildman–Crippen MR) is 136 cm³/mol. The van der Waals surface area contributed by atoms with Crippen LogP contribution in [0.3, 0.4) is 0 Å². The minimum absolute atomic E-state index is 0.240. The van der Waals surface area contributed by atoms with Gasteiger partial charge in [0.15, 0.2) is 0 Å². The van der Waals surface area contributed by atoms with Gasteiger partial charge in [-0.3, -0.25) is 0 Å². The van der Waals surface area contributed by atoms with Gasteiger partial charge in [0.05, 0.1) is 25.4 Å². The van der Waals surface area contributed by atoms with Gasteiger partial charge in [-0.2, -0.15) is 0 Å². The van der Waals surface area contributed by atoms with Crippen LogP contribution >= 0.6 is 0 Å². The van der Waals surface area contributed by atoms with E-state index in [9.17, 15) is 10.2 Å². The standard InChI is InChI=1S/C28H58O3/c1-5-9-13-15-17-21-27(29)25(19-11-7-3)23-31-24-26(20-12-8-4)28(30)22-18-16-14-10-6-2/h25-30H,5-24H2,1-4H3. The summed E-state index contributed by atoms with van der Waals surface area (Å²) in [7, 11) is 0. The highest BCUT2D eigenvalue weighted by Crippen LogP contribution is 2.22. The summed E-state index contributed by atoms with van der Waals surface area (Å²) in [6.07, 6.45) is 20.5. The highest BCUT2D eigenvalue weighted by atomic mass is 16.5. The number of aliphatic hydroxyl groups is 2. The Kier molecular flexibility index (Phi) is 23.0. The van der Waals surface area contributed by atoms with Crippen LogP contribution in [0, 0.1) is 11.8 Å². The summed E-state index contributed by atoms with van der Waals surface area (Å²) in [5.41, 5.74) is 0. The number of ether oxygens (including phenoxy) is 1. The molecule has 0 radical (unpaired) electrons. The Bertz CT molecular complexity index is 315. The minimum Gasteiger partial charge on any atom is -0.393 e. The van der Waals surface area contributed by atoms with Crippen LogP contribution in [0.2, 0.25) is 0 Å². The maximum absolute atomic E-state index is 10.8. The molecule has 4 atom stereocenters. The lowest BCUT2D eigenvalue weighted by Crippen LogP contribution is -2.29. The topological polar surface area (TPSA) is 49.7 Å². The highest BCUT2D eigenvalue weighted by Gasteiger charge is 2.22. The first-order chi connectivity index (χ1) is 15.1. The van der Waals surface area contributed by atoms with Crippen molar-refractivity contribution in [3.63, 3.8) is 0 Å². The summed E-state index contributed by atoms with van der Waals surface area (Å²) in [6, 6.07) is 0. The van der Waals surface area contributed by atoms with Gasteiger partial charge < -0.3 is 14.9 Å². The van der Waals surface area contributed by atoms with Gasteiger partial charge in [0.25, 0.3) is 0 Å². The molecule has 0 amide bonds. The first kappa shape index (κ1) is 30.9. The summed E-state index contributed by atoms with van der Waals surface area (Å²) in [4.78, 5) is 0. The summed E-state index contributed by atoms with van der Waals surface area (Å²) in [6.45, 7) is 10.2. The zero-order valence-electron chi connectivity index (χ0n) is 21.8. The molecular formula is C28H58O3. The number of hydrogen-bond acceptors (Lipinski definition) is 3. The third kappa shape index (κ3) is 18.0. The Hall–Kier alpha value is -0.120. The molecule has 31 heavy (non-hydrogen) atoms.